The number of hydrogen-bond donors (Lipinski definition) is 0. The molecule has 0 aliphatic rings. The van der Waals surface area contributed by atoms with Gasteiger partial charge in [-0.25, -0.2) is 0 Å². The minimum absolute atomic E-state index is 0.922. The molecule has 0 saturated heterocycles. The van der Waals surface area contributed by atoms with E-state index in [0.717, 1.165) is 10.7 Å². The van der Waals surface area contributed by atoms with Crippen LogP contribution in [0.3, 0.4) is 0 Å². The number of halogens is 2. The molecule has 0 bridgehead atoms. The van der Waals surface area contributed by atoms with Crippen LogP contribution >= 0.6 is 31.9 Å². The Bertz CT molecular complexity index is 538. The van der Waals surface area contributed by atoms with E-state index in [4.69, 9.17) is 0 Å². The zero-order chi connectivity index (χ0) is 14.9. The van der Waals surface area contributed by atoms with Crippen LogP contribution in [0.5, 0.6) is 0 Å². The van der Waals surface area contributed by atoms with Crippen molar-refractivity contribution in [1.29, 1.82) is 0 Å². The molecule has 0 atom stereocenters. The molecule has 0 heterocycles. The Labute approximate surface area is 138 Å². The maximum absolute atomic E-state index is 3.58. The molecule has 2 aromatic rings. The van der Waals surface area contributed by atoms with Crippen LogP contribution in [0.15, 0.2) is 24.3 Å². The first-order chi connectivity index (χ1) is 9.47. The normalized spacial score (nSPS) is 10.9. The van der Waals surface area contributed by atoms with Gasteiger partial charge in [0.2, 0.25) is 0 Å². The molecule has 2 aromatic carbocycles. The standard InChI is InChI=1S/C18H20Br2/c1-11-5-15(6-12(2)17(11)9-19)16-7-13(3)18(10-20)14(4)8-16/h5-8H,9-10H2,1-4H3. The van der Waals surface area contributed by atoms with Crippen LogP contribution in [0, 0.1) is 27.7 Å². The number of benzene rings is 2. The SMILES string of the molecule is Cc1cc(-c2cc(C)c(CBr)c(C)c2)cc(C)c1CBr. The zero-order valence-electron chi connectivity index (χ0n) is 12.5. The summed E-state index contributed by atoms with van der Waals surface area (Å²) >= 11 is 7.15. The van der Waals surface area contributed by atoms with E-state index < -0.39 is 0 Å². The predicted octanol–water partition coefficient (Wildman–Crippen LogP) is 6.38. The van der Waals surface area contributed by atoms with Gasteiger partial charge in [0.15, 0.2) is 0 Å². The molecule has 0 saturated carbocycles. The molecule has 20 heavy (non-hydrogen) atoms. The second-order valence-corrected chi connectivity index (χ2v) is 6.57. The quantitative estimate of drug-likeness (QED) is 0.529. The molecule has 0 spiro atoms. The van der Waals surface area contributed by atoms with Crippen molar-refractivity contribution in [2.45, 2.75) is 38.4 Å². The summed E-state index contributed by atoms with van der Waals surface area (Å²) in [6.45, 7) is 8.78. The Morgan fingerprint density at radius 2 is 0.850 bits per heavy atom. The van der Waals surface area contributed by atoms with E-state index in [1.165, 1.54) is 44.5 Å². The number of alkyl halides is 2. The van der Waals surface area contributed by atoms with Gasteiger partial charge in [0.1, 0.15) is 0 Å². The monoisotopic (exact) mass is 394 g/mol. The van der Waals surface area contributed by atoms with Gasteiger partial charge in [-0.05, 0) is 72.2 Å². The summed E-state index contributed by atoms with van der Waals surface area (Å²) in [7, 11) is 0. The molecule has 0 radical (unpaired) electrons. The molecule has 0 aromatic heterocycles. The van der Waals surface area contributed by atoms with Gasteiger partial charge in [-0.3, -0.25) is 0 Å². The Kier molecular flexibility index (Phi) is 5.09. The minimum Gasteiger partial charge on any atom is -0.0876 e. The van der Waals surface area contributed by atoms with Crippen LogP contribution in [-0.2, 0) is 10.7 Å². The second-order valence-electron chi connectivity index (χ2n) is 5.44. The summed E-state index contributed by atoms with van der Waals surface area (Å²) in [5.41, 5.74) is 10.9. The molecule has 0 amide bonds. The van der Waals surface area contributed by atoms with Gasteiger partial charge in [-0.2, -0.15) is 0 Å². The first-order valence-corrected chi connectivity index (χ1v) is 9.04. The fourth-order valence-electron chi connectivity index (χ4n) is 2.74. The second kappa shape index (κ2) is 6.44. The average molecular weight is 396 g/mol. The number of hydrogen-bond acceptors (Lipinski definition) is 0. The smallest absolute Gasteiger partial charge is 0.0288 e. The van der Waals surface area contributed by atoms with Crippen LogP contribution in [0.25, 0.3) is 11.1 Å². The summed E-state index contributed by atoms with van der Waals surface area (Å²) in [5, 5.41) is 1.84. The van der Waals surface area contributed by atoms with E-state index >= 15 is 0 Å². The van der Waals surface area contributed by atoms with E-state index in [1.54, 1.807) is 0 Å². The van der Waals surface area contributed by atoms with Gasteiger partial charge in [-0.15, -0.1) is 0 Å². The van der Waals surface area contributed by atoms with Crippen LogP contribution < -0.4 is 0 Å². The molecule has 2 rings (SSSR count). The lowest BCUT2D eigenvalue weighted by Crippen LogP contribution is -1.95. The third kappa shape index (κ3) is 3.01. The summed E-state index contributed by atoms with van der Waals surface area (Å²) in [6, 6.07) is 9.19. The van der Waals surface area contributed by atoms with Gasteiger partial charge < -0.3 is 0 Å². The third-order valence-electron chi connectivity index (χ3n) is 3.99. The minimum atomic E-state index is 0.922. The van der Waals surface area contributed by atoms with E-state index in [9.17, 15) is 0 Å². The van der Waals surface area contributed by atoms with E-state index in [2.05, 4.69) is 83.8 Å². The molecule has 0 aliphatic carbocycles. The van der Waals surface area contributed by atoms with Crippen molar-refractivity contribution in [3.63, 3.8) is 0 Å². The van der Waals surface area contributed by atoms with E-state index in [1.807, 2.05) is 0 Å². The lowest BCUT2D eigenvalue weighted by atomic mass is 9.93. The maximum atomic E-state index is 3.58. The van der Waals surface area contributed by atoms with Crippen LogP contribution in [0.1, 0.15) is 33.4 Å². The van der Waals surface area contributed by atoms with Crippen molar-refractivity contribution in [3.05, 3.63) is 57.6 Å². The average Bonchev–Trinajstić information content (AvgIpc) is 2.37. The highest BCUT2D eigenvalue weighted by Crippen LogP contribution is 2.30. The highest BCUT2D eigenvalue weighted by molar-refractivity contribution is 9.08. The molecule has 0 aliphatic heterocycles. The maximum Gasteiger partial charge on any atom is 0.0288 e. The van der Waals surface area contributed by atoms with Crippen molar-refractivity contribution in [2.24, 2.45) is 0 Å². The molecule has 0 fully saturated rings. The largest absolute Gasteiger partial charge is 0.0876 e. The van der Waals surface area contributed by atoms with Crippen LogP contribution in [0.4, 0.5) is 0 Å². The molecule has 0 N–H and O–H groups in total. The lowest BCUT2D eigenvalue weighted by Gasteiger charge is -2.14. The Balaban J connectivity index is 2.58. The van der Waals surface area contributed by atoms with Crippen molar-refractivity contribution >= 4 is 31.9 Å². The zero-order valence-corrected chi connectivity index (χ0v) is 15.7. The van der Waals surface area contributed by atoms with E-state index in [0.29, 0.717) is 0 Å². The molecule has 106 valence electrons. The van der Waals surface area contributed by atoms with Crippen LogP contribution in [-0.4, -0.2) is 0 Å². The van der Waals surface area contributed by atoms with Crippen molar-refractivity contribution < 1.29 is 0 Å². The first-order valence-electron chi connectivity index (χ1n) is 6.80. The van der Waals surface area contributed by atoms with Gasteiger partial charge in [-0.1, -0.05) is 56.1 Å². The summed E-state index contributed by atoms with van der Waals surface area (Å²) in [6.07, 6.45) is 0. The molecular formula is C18H20Br2. The highest BCUT2D eigenvalue weighted by Gasteiger charge is 2.09. The molecular weight excluding hydrogens is 376 g/mol. The van der Waals surface area contributed by atoms with Crippen LogP contribution in [0.2, 0.25) is 0 Å². The van der Waals surface area contributed by atoms with Gasteiger partial charge >= 0.3 is 0 Å². The fraction of sp³-hybridized carbons (Fsp3) is 0.333. The molecule has 0 nitrogen and oxygen atoms in total. The van der Waals surface area contributed by atoms with Gasteiger partial charge in [0.05, 0.1) is 0 Å². The highest BCUT2D eigenvalue weighted by atomic mass is 79.9. The van der Waals surface area contributed by atoms with Crippen molar-refractivity contribution in [2.75, 3.05) is 0 Å². The Morgan fingerprint density at radius 3 is 1.05 bits per heavy atom. The first kappa shape index (κ1) is 15.8. The Morgan fingerprint density at radius 1 is 0.600 bits per heavy atom. The third-order valence-corrected chi connectivity index (χ3v) is 5.11. The number of rotatable bonds is 3. The fourth-order valence-corrected chi connectivity index (χ4v) is 4.51. The molecule has 0 unspecified atom stereocenters. The van der Waals surface area contributed by atoms with Crippen molar-refractivity contribution in [1.82, 2.24) is 0 Å². The lowest BCUT2D eigenvalue weighted by molar-refractivity contribution is 1.23. The summed E-state index contributed by atoms with van der Waals surface area (Å²) < 4.78 is 0. The summed E-state index contributed by atoms with van der Waals surface area (Å²) in [4.78, 5) is 0. The van der Waals surface area contributed by atoms with E-state index in [-0.39, 0.29) is 0 Å². The van der Waals surface area contributed by atoms with Crippen molar-refractivity contribution in [3.8, 4) is 11.1 Å². The Hall–Kier alpha value is -0.600. The topological polar surface area (TPSA) is 0 Å². The van der Waals surface area contributed by atoms with Gasteiger partial charge in [0.25, 0.3) is 0 Å². The molecule has 2 heteroatoms. The number of aryl methyl sites for hydroxylation is 4. The summed E-state index contributed by atoms with van der Waals surface area (Å²) in [5.74, 6) is 0. The predicted molar refractivity (Wildman–Crippen MR) is 96.1 cm³/mol. The van der Waals surface area contributed by atoms with Gasteiger partial charge in [0, 0.05) is 10.7 Å².